The van der Waals surface area contributed by atoms with E-state index in [1.165, 1.54) is 46.0 Å². The van der Waals surface area contributed by atoms with Gasteiger partial charge in [0.25, 0.3) is 0 Å². The first-order valence-corrected chi connectivity index (χ1v) is 14.1. The van der Waals surface area contributed by atoms with Crippen molar-refractivity contribution < 1.29 is 4.74 Å². The minimum Gasteiger partial charge on any atom is -0.497 e. The maximum Gasteiger partial charge on any atom is 0.119 e. The van der Waals surface area contributed by atoms with Crippen LogP contribution in [0.3, 0.4) is 0 Å². The molecular weight excluding hydrogens is 492 g/mol. The van der Waals surface area contributed by atoms with Crippen LogP contribution in [0.1, 0.15) is 36.0 Å². The summed E-state index contributed by atoms with van der Waals surface area (Å²) in [5.74, 6) is 1.53. The summed E-state index contributed by atoms with van der Waals surface area (Å²) < 4.78 is 7.80. The minimum absolute atomic E-state index is 0.463. The van der Waals surface area contributed by atoms with Crippen molar-refractivity contribution in [2.45, 2.75) is 45.3 Å². The van der Waals surface area contributed by atoms with Gasteiger partial charge in [0.15, 0.2) is 0 Å². The Labute approximate surface area is 231 Å². The van der Waals surface area contributed by atoms with Crippen LogP contribution in [0.25, 0.3) is 22.0 Å². The number of nitrogens with two attached hydrogens (primary N) is 2. The highest BCUT2D eigenvalue weighted by atomic mass is 35.5. The second-order valence-corrected chi connectivity index (χ2v) is 10.9. The molecule has 0 unspecified atom stereocenters. The second kappa shape index (κ2) is 12.4. The number of hydrogen-bond acceptors (Lipinski definition) is 4. The van der Waals surface area contributed by atoms with Crippen molar-refractivity contribution in [3.8, 4) is 16.9 Å². The van der Waals surface area contributed by atoms with Gasteiger partial charge >= 0.3 is 0 Å². The molecule has 4 N–H and O–H groups in total. The monoisotopic (exact) mass is 530 g/mol. The molecule has 1 fully saturated rings. The van der Waals surface area contributed by atoms with Crippen LogP contribution in [0, 0.1) is 5.92 Å². The van der Waals surface area contributed by atoms with Crippen LogP contribution in [0.2, 0.25) is 5.02 Å². The predicted octanol–water partition coefficient (Wildman–Crippen LogP) is 6.23. The Hall–Kier alpha value is -2.83. The van der Waals surface area contributed by atoms with E-state index in [2.05, 4.69) is 58.1 Å². The van der Waals surface area contributed by atoms with Gasteiger partial charge in [0, 0.05) is 47.3 Å². The maximum absolute atomic E-state index is 6.42. The Morgan fingerprint density at radius 3 is 2.50 bits per heavy atom. The largest absolute Gasteiger partial charge is 0.497 e. The zero-order valence-electron chi connectivity index (χ0n) is 22.3. The van der Waals surface area contributed by atoms with Crippen molar-refractivity contribution in [1.29, 1.82) is 0 Å². The molecule has 5 rings (SSSR count). The number of aryl methyl sites for hydroxylation is 1. The van der Waals surface area contributed by atoms with Crippen LogP contribution >= 0.6 is 11.6 Å². The summed E-state index contributed by atoms with van der Waals surface area (Å²) in [7, 11) is 1.69. The highest BCUT2D eigenvalue weighted by molar-refractivity contribution is 6.31. The number of methoxy groups -OCH3 is 1. The predicted molar refractivity (Wildman–Crippen MR) is 159 cm³/mol. The molecule has 0 radical (unpaired) electrons. The number of rotatable bonds is 10. The van der Waals surface area contributed by atoms with Crippen LogP contribution in [0.5, 0.6) is 5.75 Å². The highest BCUT2D eigenvalue weighted by Gasteiger charge is 2.21. The lowest BCUT2D eigenvalue weighted by Gasteiger charge is -2.32. The molecule has 200 valence electrons. The number of piperidine rings is 1. The molecule has 0 amide bonds. The fourth-order valence-corrected chi connectivity index (χ4v) is 6.03. The molecule has 1 aliphatic rings. The summed E-state index contributed by atoms with van der Waals surface area (Å²) in [6.07, 6.45) is 6.70. The molecule has 0 atom stereocenters. The molecule has 2 heterocycles. The normalized spacial score (nSPS) is 14.8. The number of nitrogens with zero attached hydrogens (tertiary/aromatic N) is 2. The summed E-state index contributed by atoms with van der Waals surface area (Å²) in [6, 6.07) is 21.4. The van der Waals surface area contributed by atoms with Gasteiger partial charge in [-0.25, -0.2) is 0 Å². The average Bonchev–Trinajstić information content (AvgIpc) is 3.31. The minimum atomic E-state index is 0.463. The van der Waals surface area contributed by atoms with Gasteiger partial charge in [-0.15, -0.1) is 0 Å². The first-order valence-electron chi connectivity index (χ1n) is 13.7. The third-order valence-electron chi connectivity index (χ3n) is 7.95. The second-order valence-electron chi connectivity index (χ2n) is 10.5. The first kappa shape index (κ1) is 26.8. The van der Waals surface area contributed by atoms with Crippen molar-refractivity contribution in [2.75, 3.05) is 26.7 Å². The van der Waals surface area contributed by atoms with E-state index in [4.69, 9.17) is 27.8 Å². The maximum atomic E-state index is 6.42. The number of ether oxygens (including phenoxy) is 1. The van der Waals surface area contributed by atoms with Crippen molar-refractivity contribution >= 4 is 22.5 Å². The number of likely N-dealkylation sites (tertiary alicyclic amines) is 1. The molecule has 0 saturated carbocycles. The van der Waals surface area contributed by atoms with E-state index in [0.29, 0.717) is 19.0 Å². The molecule has 0 bridgehead atoms. The third-order valence-corrected chi connectivity index (χ3v) is 8.32. The molecule has 0 spiro atoms. The molecule has 5 nitrogen and oxygen atoms in total. The highest BCUT2D eigenvalue weighted by Crippen LogP contribution is 2.36. The van der Waals surface area contributed by atoms with Crippen molar-refractivity contribution in [3.05, 3.63) is 88.6 Å². The molecule has 38 heavy (non-hydrogen) atoms. The summed E-state index contributed by atoms with van der Waals surface area (Å²) in [4.78, 5) is 2.59. The lowest BCUT2D eigenvalue weighted by molar-refractivity contribution is 0.177. The first-order chi connectivity index (χ1) is 18.6. The van der Waals surface area contributed by atoms with Gasteiger partial charge in [-0.05, 0) is 104 Å². The molecule has 4 aromatic rings. The van der Waals surface area contributed by atoms with E-state index in [1.807, 2.05) is 18.2 Å². The third kappa shape index (κ3) is 5.92. The zero-order valence-corrected chi connectivity index (χ0v) is 23.1. The molecule has 3 aromatic carbocycles. The molecule has 1 saturated heterocycles. The molecule has 1 aromatic heterocycles. The zero-order chi connectivity index (χ0) is 26.5. The van der Waals surface area contributed by atoms with E-state index < -0.39 is 0 Å². The Kier molecular flexibility index (Phi) is 8.70. The lowest BCUT2D eigenvalue weighted by atomic mass is 9.90. The molecule has 1 aliphatic heterocycles. The Bertz CT molecular complexity index is 1370. The number of aromatic nitrogens is 1. The summed E-state index contributed by atoms with van der Waals surface area (Å²) in [6.45, 7) is 5.25. The van der Waals surface area contributed by atoms with Crippen LogP contribution < -0.4 is 16.2 Å². The lowest BCUT2D eigenvalue weighted by Crippen LogP contribution is -2.33. The molecule has 0 aliphatic carbocycles. The fraction of sp³-hybridized carbons (Fsp3) is 0.375. The van der Waals surface area contributed by atoms with Gasteiger partial charge in [0.05, 0.1) is 7.11 Å². The van der Waals surface area contributed by atoms with E-state index >= 15 is 0 Å². The van der Waals surface area contributed by atoms with Crippen LogP contribution in [-0.4, -0.2) is 36.2 Å². The summed E-state index contributed by atoms with van der Waals surface area (Å²) in [5, 5.41) is 2.17. The van der Waals surface area contributed by atoms with Crippen molar-refractivity contribution in [1.82, 2.24) is 9.47 Å². The molecular formula is C32H39ClN4O. The quantitative estimate of drug-likeness (QED) is 0.255. The van der Waals surface area contributed by atoms with Gasteiger partial charge in [-0.1, -0.05) is 41.9 Å². The van der Waals surface area contributed by atoms with E-state index in [9.17, 15) is 0 Å². The van der Waals surface area contributed by atoms with Gasteiger partial charge in [-0.2, -0.15) is 0 Å². The molecule has 6 heteroatoms. The summed E-state index contributed by atoms with van der Waals surface area (Å²) in [5.41, 5.74) is 19.4. The van der Waals surface area contributed by atoms with Crippen LogP contribution in [0.15, 0.2) is 66.9 Å². The summed E-state index contributed by atoms with van der Waals surface area (Å²) >= 11 is 6.42. The van der Waals surface area contributed by atoms with E-state index in [0.717, 1.165) is 55.4 Å². The topological polar surface area (TPSA) is 69.4 Å². The number of benzene rings is 3. The standard InChI is InChI=1S/C32H39ClN4O/c1-38-27-8-9-28(26(19-27)20-35)30-22-37(14-4-13-34)32-10-7-24(18-29(30)32)21-36-15-11-23(12-16-36)17-25-5-2-3-6-31(25)33/h2-3,5-10,18-19,22-23H,4,11-17,20-21,34-35H2,1H3. The van der Waals surface area contributed by atoms with Gasteiger partial charge in [0.2, 0.25) is 0 Å². The van der Waals surface area contributed by atoms with Crippen molar-refractivity contribution in [2.24, 2.45) is 17.4 Å². The van der Waals surface area contributed by atoms with Crippen molar-refractivity contribution in [3.63, 3.8) is 0 Å². The number of hydrogen-bond donors (Lipinski definition) is 2. The average molecular weight is 531 g/mol. The van der Waals surface area contributed by atoms with Crippen LogP contribution in [-0.2, 0) is 26.1 Å². The Morgan fingerprint density at radius 1 is 0.947 bits per heavy atom. The van der Waals surface area contributed by atoms with Gasteiger partial charge in [-0.3, -0.25) is 4.90 Å². The van der Waals surface area contributed by atoms with Gasteiger partial charge < -0.3 is 20.8 Å². The smallest absolute Gasteiger partial charge is 0.119 e. The SMILES string of the molecule is COc1ccc(-c2cn(CCCN)c3ccc(CN4CCC(Cc5ccccc5Cl)CC4)cc23)c(CN)c1. The van der Waals surface area contributed by atoms with E-state index in [1.54, 1.807) is 7.11 Å². The van der Waals surface area contributed by atoms with Crippen LogP contribution in [0.4, 0.5) is 0 Å². The Morgan fingerprint density at radius 2 is 1.76 bits per heavy atom. The van der Waals surface area contributed by atoms with E-state index in [-0.39, 0.29) is 0 Å². The number of fused-ring (bicyclic) bond motifs is 1. The Balaban J connectivity index is 1.36. The number of halogens is 1. The fourth-order valence-electron chi connectivity index (χ4n) is 5.81. The van der Waals surface area contributed by atoms with Gasteiger partial charge in [0.1, 0.15) is 5.75 Å².